The fourth-order valence-corrected chi connectivity index (χ4v) is 2.75. The van der Waals surface area contributed by atoms with Crippen LogP contribution in [-0.4, -0.2) is 29.3 Å². The maximum absolute atomic E-state index is 12.0. The van der Waals surface area contributed by atoms with Gasteiger partial charge in [0.25, 0.3) is 0 Å². The van der Waals surface area contributed by atoms with Gasteiger partial charge in [-0.2, -0.15) is 0 Å². The van der Waals surface area contributed by atoms with Crippen molar-refractivity contribution in [3.63, 3.8) is 0 Å². The number of carbonyl (C=O) groups is 2. The number of hydrogen-bond donors (Lipinski definition) is 2. The van der Waals surface area contributed by atoms with Crippen LogP contribution < -0.4 is 5.32 Å². The topological polar surface area (TPSA) is 75.6 Å². The highest BCUT2D eigenvalue weighted by atomic mass is 16.6. The molecular formula is C16H27NO4. The smallest absolute Gasteiger partial charge is 0.408 e. The molecule has 0 bridgehead atoms. The lowest BCUT2D eigenvalue weighted by Gasteiger charge is -2.32. The zero-order chi connectivity index (χ0) is 16.0. The van der Waals surface area contributed by atoms with Crippen LogP contribution >= 0.6 is 0 Å². The van der Waals surface area contributed by atoms with Crippen molar-refractivity contribution in [3.8, 4) is 0 Å². The fourth-order valence-electron chi connectivity index (χ4n) is 2.75. The molecule has 5 nitrogen and oxygen atoms in total. The summed E-state index contributed by atoms with van der Waals surface area (Å²) in [5.41, 5.74) is -0.571. The maximum Gasteiger partial charge on any atom is 0.408 e. The summed E-state index contributed by atoms with van der Waals surface area (Å²) >= 11 is 0. The molecular weight excluding hydrogens is 270 g/mol. The van der Waals surface area contributed by atoms with Gasteiger partial charge in [-0.1, -0.05) is 33.3 Å². The summed E-state index contributed by atoms with van der Waals surface area (Å²) in [5.74, 6) is -0.759. The number of nitrogens with one attached hydrogen (secondary N) is 1. The molecule has 0 aliphatic heterocycles. The number of allylic oxidation sites excluding steroid dienone is 1. The van der Waals surface area contributed by atoms with E-state index in [1.807, 2.05) is 6.08 Å². The number of carboxylic acids is 1. The van der Waals surface area contributed by atoms with Gasteiger partial charge >= 0.3 is 12.1 Å². The molecule has 0 radical (unpaired) electrons. The summed E-state index contributed by atoms with van der Waals surface area (Å²) in [6.07, 6.45) is 5.90. The van der Waals surface area contributed by atoms with Crippen molar-refractivity contribution in [1.82, 2.24) is 5.32 Å². The van der Waals surface area contributed by atoms with Crippen molar-refractivity contribution in [1.29, 1.82) is 0 Å². The molecule has 1 amide bonds. The lowest BCUT2D eigenvalue weighted by molar-refractivity contribution is -0.142. The van der Waals surface area contributed by atoms with E-state index in [1.54, 1.807) is 20.8 Å². The number of alkyl carbamates (subject to hydrolysis) is 1. The summed E-state index contributed by atoms with van der Waals surface area (Å²) < 4.78 is 5.47. The molecule has 3 atom stereocenters. The Morgan fingerprint density at radius 1 is 1.38 bits per heavy atom. The van der Waals surface area contributed by atoms with Crippen LogP contribution in [0, 0.1) is 11.3 Å². The molecule has 1 rings (SSSR count). The highest BCUT2D eigenvalue weighted by Crippen LogP contribution is 2.30. The highest BCUT2D eigenvalue weighted by molar-refractivity contribution is 5.80. The van der Waals surface area contributed by atoms with E-state index in [0.29, 0.717) is 5.92 Å². The van der Waals surface area contributed by atoms with Crippen LogP contribution in [0.2, 0.25) is 0 Å². The fraction of sp³-hybridized carbons (Fsp3) is 0.750. The first kappa shape index (κ1) is 17.5. The Morgan fingerprint density at radius 3 is 2.52 bits per heavy atom. The number of amides is 1. The minimum atomic E-state index is -1.05. The van der Waals surface area contributed by atoms with Gasteiger partial charge < -0.3 is 15.2 Å². The molecule has 0 heterocycles. The molecule has 0 unspecified atom stereocenters. The van der Waals surface area contributed by atoms with Crippen LogP contribution in [0.1, 0.15) is 52.9 Å². The van der Waals surface area contributed by atoms with Crippen LogP contribution in [0.15, 0.2) is 12.7 Å². The second-order valence-electron chi connectivity index (χ2n) is 6.79. The van der Waals surface area contributed by atoms with E-state index in [-0.39, 0.29) is 6.10 Å². The van der Waals surface area contributed by atoms with Crippen LogP contribution in [0.5, 0.6) is 0 Å². The highest BCUT2D eigenvalue weighted by Gasteiger charge is 2.34. The predicted molar refractivity (Wildman–Crippen MR) is 81.1 cm³/mol. The number of hydrogen-bond acceptors (Lipinski definition) is 3. The summed E-state index contributed by atoms with van der Waals surface area (Å²) in [4.78, 5) is 23.3. The van der Waals surface area contributed by atoms with Gasteiger partial charge in [0.2, 0.25) is 0 Å². The number of carbonyl (C=O) groups excluding carboxylic acids is 1. The number of ether oxygens (including phenoxy) is 1. The average molecular weight is 297 g/mol. The van der Waals surface area contributed by atoms with Gasteiger partial charge in [-0.05, 0) is 37.0 Å². The van der Waals surface area contributed by atoms with Gasteiger partial charge in [0, 0.05) is 0 Å². The first-order valence-electron chi connectivity index (χ1n) is 7.56. The standard InChI is InChI=1S/C16H27NO4/c1-5-8-11-9-6-7-10-12(11)21-15(20)17-13(14(18)19)16(2,3)4/h5,11-13H,1,6-10H2,2-4H3,(H,17,20)(H,18,19)/t11-,12-,13+/m0/s1. The third kappa shape index (κ3) is 5.40. The second kappa shape index (κ2) is 7.48. The van der Waals surface area contributed by atoms with Gasteiger partial charge in [0.1, 0.15) is 12.1 Å². The van der Waals surface area contributed by atoms with E-state index in [9.17, 15) is 14.7 Å². The molecule has 2 N–H and O–H groups in total. The number of aliphatic carboxylic acids is 1. The van der Waals surface area contributed by atoms with Crippen molar-refractivity contribution in [2.45, 2.75) is 65.0 Å². The first-order valence-corrected chi connectivity index (χ1v) is 7.56. The summed E-state index contributed by atoms with van der Waals surface area (Å²) in [6.45, 7) is 9.05. The minimum Gasteiger partial charge on any atom is -0.480 e. The lowest BCUT2D eigenvalue weighted by atomic mass is 9.84. The van der Waals surface area contributed by atoms with E-state index in [0.717, 1.165) is 32.1 Å². The normalized spacial score (nSPS) is 24.0. The molecule has 0 aromatic rings. The Hall–Kier alpha value is -1.52. The lowest BCUT2D eigenvalue weighted by Crippen LogP contribution is -2.50. The zero-order valence-electron chi connectivity index (χ0n) is 13.2. The Balaban J connectivity index is 2.62. The Morgan fingerprint density at radius 2 is 2.00 bits per heavy atom. The van der Waals surface area contributed by atoms with Gasteiger partial charge in [0.15, 0.2) is 0 Å². The van der Waals surface area contributed by atoms with Crippen molar-refractivity contribution in [2.24, 2.45) is 11.3 Å². The second-order valence-corrected chi connectivity index (χ2v) is 6.79. The molecule has 1 aliphatic rings. The van der Waals surface area contributed by atoms with Crippen molar-refractivity contribution >= 4 is 12.1 Å². The molecule has 120 valence electrons. The Bertz CT molecular complexity index is 386. The van der Waals surface area contributed by atoms with Gasteiger partial charge in [-0.25, -0.2) is 9.59 Å². The first-order chi connectivity index (χ1) is 9.75. The number of rotatable bonds is 5. The van der Waals surface area contributed by atoms with Crippen molar-refractivity contribution in [3.05, 3.63) is 12.7 Å². The van der Waals surface area contributed by atoms with Gasteiger partial charge in [0.05, 0.1) is 0 Å². The van der Waals surface area contributed by atoms with Crippen molar-refractivity contribution < 1.29 is 19.4 Å². The molecule has 5 heteroatoms. The zero-order valence-corrected chi connectivity index (χ0v) is 13.2. The molecule has 0 spiro atoms. The average Bonchev–Trinajstić information content (AvgIpc) is 2.37. The van der Waals surface area contributed by atoms with Crippen molar-refractivity contribution in [2.75, 3.05) is 0 Å². The molecule has 21 heavy (non-hydrogen) atoms. The van der Waals surface area contributed by atoms with E-state index < -0.39 is 23.5 Å². The van der Waals surface area contributed by atoms with Crippen LogP contribution in [0.25, 0.3) is 0 Å². The van der Waals surface area contributed by atoms with E-state index >= 15 is 0 Å². The summed E-state index contributed by atoms with van der Waals surface area (Å²) in [6, 6.07) is -0.966. The molecule has 1 fully saturated rings. The van der Waals surface area contributed by atoms with Crippen LogP contribution in [0.3, 0.4) is 0 Å². The van der Waals surface area contributed by atoms with E-state index in [1.165, 1.54) is 0 Å². The third-order valence-corrected chi connectivity index (χ3v) is 3.94. The SMILES string of the molecule is C=CC[C@H]1CCCC[C@@H]1OC(=O)N[C@H](C(=O)O)C(C)(C)C. The maximum atomic E-state index is 12.0. The molecule has 0 aromatic heterocycles. The molecule has 1 saturated carbocycles. The quantitative estimate of drug-likeness (QED) is 0.763. The van der Waals surface area contributed by atoms with Gasteiger partial charge in [-0.15, -0.1) is 6.58 Å². The summed E-state index contributed by atoms with van der Waals surface area (Å²) in [5, 5.41) is 11.7. The monoisotopic (exact) mass is 297 g/mol. The molecule has 0 aromatic carbocycles. The summed E-state index contributed by atoms with van der Waals surface area (Å²) in [7, 11) is 0. The Kier molecular flexibility index (Phi) is 6.24. The largest absolute Gasteiger partial charge is 0.480 e. The minimum absolute atomic E-state index is 0.147. The molecule has 1 aliphatic carbocycles. The van der Waals surface area contributed by atoms with E-state index in [2.05, 4.69) is 11.9 Å². The van der Waals surface area contributed by atoms with Gasteiger partial charge in [-0.3, -0.25) is 0 Å². The van der Waals surface area contributed by atoms with Crippen LogP contribution in [0.4, 0.5) is 4.79 Å². The molecule has 0 saturated heterocycles. The number of carboxylic acid groups (broad SMARTS) is 1. The predicted octanol–water partition coefficient (Wildman–Crippen LogP) is 3.35. The van der Waals surface area contributed by atoms with E-state index in [4.69, 9.17) is 4.74 Å². The third-order valence-electron chi connectivity index (χ3n) is 3.94. The Labute approximate surface area is 126 Å². The van der Waals surface area contributed by atoms with Crippen LogP contribution in [-0.2, 0) is 9.53 Å².